The number of hydrogen-bond acceptors (Lipinski definition) is 0. The lowest BCUT2D eigenvalue weighted by Crippen LogP contribution is -2.31. The van der Waals surface area contributed by atoms with Gasteiger partial charge in [0.1, 0.15) is 28.2 Å². The maximum atomic E-state index is 2.49. The molecular weight excluding hydrogens is 1220 g/mol. The molecule has 0 unspecified atom stereocenters. The Labute approximate surface area is 602 Å². The lowest BCUT2D eigenvalue weighted by molar-refractivity contribution is -0.660. The second-order valence-electron chi connectivity index (χ2n) is 31.7. The van der Waals surface area contributed by atoms with Gasteiger partial charge in [-0.3, -0.25) is 0 Å². The van der Waals surface area contributed by atoms with Gasteiger partial charge in [-0.1, -0.05) is 198 Å². The molecule has 6 aliphatic rings. The zero-order chi connectivity index (χ0) is 69.8. The summed E-state index contributed by atoms with van der Waals surface area (Å²) >= 11 is 0. The van der Waals surface area contributed by atoms with Gasteiger partial charge in [0.05, 0.1) is 22.3 Å². The molecule has 0 bridgehead atoms. The van der Waals surface area contributed by atoms with E-state index in [1.807, 2.05) is 0 Å². The summed E-state index contributed by atoms with van der Waals surface area (Å²) in [5.74, 6) is 1.50. The van der Waals surface area contributed by atoms with Crippen molar-refractivity contribution in [2.75, 3.05) is 0 Å². The van der Waals surface area contributed by atoms with E-state index in [0.717, 1.165) is 43.9 Å². The minimum Gasteiger partial charge on any atom is -0.201 e. The zero-order valence-corrected chi connectivity index (χ0v) is 62.1. The predicted octanol–water partition coefficient (Wildman–Crippen LogP) is 21.8. The number of aryl methyl sites for hydroxylation is 9. The molecule has 2 saturated carbocycles. The summed E-state index contributed by atoms with van der Waals surface area (Å²) in [6.45, 7) is 18.1. The second kappa shape index (κ2) is 28.1. The smallest absolute Gasteiger partial charge is 0.201 e. The Morgan fingerprint density at radius 1 is 0.317 bits per heavy atom. The van der Waals surface area contributed by atoms with E-state index in [1.54, 1.807) is 0 Å². The van der Waals surface area contributed by atoms with Crippen LogP contribution in [0.4, 0.5) is 0 Å². The van der Waals surface area contributed by atoms with Crippen molar-refractivity contribution < 1.29 is 18.3 Å². The number of aromatic nitrogens is 4. The van der Waals surface area contributed by atoms with Crippen molar-refractivity contribution in [2.24, 2.45) is 33.6 Å². The largest absolute Gasteiger partial charge is 0.213 e. The summed E-state index contributed by atoms with van der Waals surface area (Å²) < 4.78 is 9.15. The molecule has 18 rings (SSSR count). The first-order valence-electron chi connectivity index (χ1n) is 37.7. The second-order valence-corrected chi connectivity index (χ2v) is 31.7. The number of benzene rings is 8. The van der Waals surface area contributed by atoms with Crippen molar-refractivity contribution in [1.82, 2.24) is 0 Å². The number of pyridine rings is 4. The maximum absolute atomic E-state index is 2.49. The fourth-order valence-corrected chi connectivity index (χ4v) is 18.2. The van der Waals surface area contributed by atoms with E-state index in [-0.39, 0.29) is 0 Å². The molecule has 0 aliphatic heterocycles. The van der Waals surface area contributed by atoms with Gasteiger partial charge < -0.3 is 0 Å². The van der Waals surface area contributed by atoms with Gasteiger partial charge in [-0.15, -0.1) is 0 Å². The molecule has 12 aromatic rings. The average Bonchev–Trinajstić information content (AvgIpc) is 1.63. The van der Waals surface area contributed by atoms with Crippen LogP contribution in [0, 0.1) is 40.0 Å². The highest BCUT2D eigenvalue weighted by atomic mass is 14.9. The molecule has 101 heavy (non-hydrogen) atoms. The van der Waals surface area contributed by atoms with Crippen LogP contribution in [0.15, 0.2) is 219 Å². The Balaban J connectivity index is 0.000000109. The summed E-state index contributed by atoms with van der Waals surface area (Å²) in [5.41, 5.74) is 45.7. The molecule has 4 nitrogen and oxygen atoms in total. The fourth-order valence-electron chi connectivity index (χ4n) is 18.2. The molecule has 4 heterocycles. The topological polar surface area (TPSA) is 15.5 Å². The Morgan fingerprint density at radius 3 is 1.00 bits per heavy atom. The molecule has 0 N–H and O–H groups in total. The van der Waals surface area contributed by atoms with Crippen LogP contribution in [-0.2, 0) is 60.3 Å². The van der Waals surface area contributed by atoms with Crippen LogP contribution >= 0.6 is 0 Å². The molecular formula is C97H102N4+4. The van der Waals surface area contributed by atoms with Crippen LogP contribution in [0.3, 0.4) is 0 Å². The SMILES string of the molecule is Cc1ccc(-c2c(C)ccc3c2Cc2ccccc2-3)[n+](C)c1.Cc1ccc2c(c1-c1cc(C3CCCC3)cc[n+]1C)Cc1ccccc1-2.Cc1ccc2c(c1-c1cc(C3CCCCC3)cc[n+]1C)Cc1ccccc1-2.Cc1ccc2c(c1-c1cc(CC(C)(C)C)cc[n+]1C)Cc1ccccc1-2. The Hall–Kier alpha value is -9.64. The van der Waals surface area contributed by atoms with Crippen LogP contribution in [0.5, 0.6) is 0 Å². The van der Waals surface area contributed by atoms with Crippen LogP contribution in [0.25, 0.3) is 89.5 Å². The third kappa shape index (κ3) is 13.3. The quantitative estimate of drug-likeness (QED) is 0.141. The molecule has 0 saturated heterocycles. The fraction of sp³-hybridized carbons (Fsp3) is 0.299. The van der Waals surface area contributed by atoms with E-state index in [9.17, 15) is 0 Å². The molecule has 0 atom stereocenters. The van der Waals surface area contributed by atoms with Gasteiger partial charge in [0.25, 0.3) is 0 Å². The van der Waals surface area contributed by atoms with Crippen molar-refractivity contribution in [3.63, 3.8) is 0 Å². The van der Waals surface area contributed by atoms with Gasteiger partial charge in [0, 0.05) is 48.0 Å². The first-order chi connectivity index (χ1) is 48.9. The minimum atomic E-state index is 0.293. The number of fused-ring (bicyclic) bond motifs is 12. The van der Waals surface area contributed by atoms with Crippen LogP contribution in [0.2, 0.25) is 0 Å². The van der Waals surface area contributed by atoms with E-state index >= 15 is 0 Å². The van der Waals surface area contributed by atoms with Crippen molar-refractivity contribution in [3.8, 4) is 89.5 Å². The van der Waals surface area contributed by atoms with Gasteiger partial charge in [-0.2, -0.15) is 0 Å². The Bertz CT molecular complexity index is 5170. The number of hydrogen-bond donors (Lipinski definition) is 0. The molecule has 0 spiro atoms. The molecule has 506 valence electrons. The van der Waals surface area contributed by atoms with Gasteiger partial charge in [0.15, 0.2) is 24.8 Å². The predicted molar refractivity (Wildman–Crippen MR) is 419 cm³/mol. The maximum Gasteiger partial charge on any atom is 0.213 e. The van der Waals surface area contributed by atoms with Gasteiger partial charge in [-0.05, 0) is 244 Å². The first kappa shape index (κ1) is 67.2. The van der Waals surface area contributed by atoms with Crippen molar-refractivity contribution in [3.05, 3.63) is 308 Å². The normalized spacial score (nSPS) is 14.4. The van der Waals surface area contributed by atoms with Crippen molar-refractivity contribution >= 4 is 0 Å². The molecule has 0 radical (unpaired) electrons. The Kier molecular flexibility index (Phi) is 18.7. The molecule has 0 amide bonds. The highest BCUT2D eigenvalue weighted by Gasteiger charge is 2.33. The monoisotopic (exact) mass is 1320 g/mol. The summed E-state index contributed by atoms with van der Waals surface area (Å²) in [4.78, 5) is 0. The molecule has 2 fully saturated rings. The third-order valence-electron chi connectivity index (χ3n) is 23.3. The Morgan fingerprint density at radius 2 is 0.644 bits per heavy atom. The van der Waals surface area contributed by atoms with Crippen molar-refractivity contribution in [1.29, 1.82) is 0 Å². The van der Waals surface area contributed by atoms with Gasteiger partial charge >= 0.3 is 0 Å². The minimum absolute atomic E-state index is 0.293. The zero-order valence-electron chi connectivity index (χ0n) is 62.1. The molecule has 4 aromatic heterocycles. The van der Waals surface area contributed by atoms with E-state index in [1.165, 1.54) is 236 Å². The van der Waals surface area contributed by atoms with Crippen molar-refractivity contribution in [2.45, 2.75) is 157 Å². The molecule has 6 aliphatic carbocycles. The standard InChI is InChI=1S/C26H28N.C25H26N.C25H28N.C21H20N/c1-18-12-13-23-22-11-7-6-10-21(22)16-24(23)26(18)25-17-20(14-15-27(25)2)19-8-4-3-5-9-19;1-17-11-12-22-21-10-6-5-9-20(21)15-23(22)25(17)24-16-19(13-14-26(24)2)18-7-3-4-8-18;1-17-10-11-21-20-9-7-6-8-19(20)15-22(21)24(17)23-14-18(12-13-26(23)5)16-25(2,3)4;1-14-8-11-20(22(3)13-14)21-15(2)9-10-18-17-7-5-4-6-16(17)12-19(18)21/h6-7,10-15,17,19H,3-5,8-9,16H2,1-2H3;5-6,9-14,16,18H,3-4,7-8,15H2,1-2H3;6-14H,15-16H2,1-5H3;4-11,13H,12H2,1-3H3/q4*+1. The third-order valence-corrected chi connectivity index (χ3v) is 23.3. The van der Waals surface area contributed by atoms with E-state index in [0.29, 0.717) is 5.41 Å². The molecule has 8 aromatic carbocycles. The van der Waals surface area contributed by atoms with Crippen LogP contribution in [0.1, 0.15) is 179 Å². The number of rotatable bonds is 7. The van der Waals surface area contributed by atoms with E-state index in [2.05, 4.69) is 321 Å². The lowest BCUT2D eigenvalue weighted by Gasteiger charge is -2.22. The van der Waals surface area contributed by atoms with Crippen LogP contribution < -0.4 is 18.3 Å². The summed E-state index contributed by atoms with van der Waals surface area (Å²) in [6.07, 6.45) is 26.6. The van der Waals surface area contributed by atoms with E-state index in [4.69, 9.17) is 0 Å². The molecule has 4 heteroatoms. The van der Waals surface area contributed by atoms with Gasteiger partial charge in [0.2, 0.25) is 22.8 Å². The summed E-state index contributed by atoms with van der Waals surface area (Å²) in [7, 11) is 8.69. The highest BCUT2D eigenvalue weighted by Crippen LogP contribution is 2.48. The average molecular weight is 1320 g/mol. The number of nitrogens with zero attached hydrogens (tertiary/aromatic N) is 4. The lowest BCUT2D eigenvalue weighted by atomic mass is 9.83. The first-order valence-corrected chi connectivity index (χ1v) is 37.7. The van der Waals surface area contributed by atoms with Crippen LogP contribution in [-0.4, -0.2) is 0 Å². The van der Waals surface area contributed by atoms with E-state index < -0.39 is 0 Å². The van der Waals surface area contributed by atoms with Gasteiger partial charge in [-0.25, -0.2) is 18.3 Å². The highest BCUT2D eigenvalue weighted by molar-refractivity contribution is 5.89. The summed E-state index contributed by atoms with van der Waals surface area (Å²) in [5, 5.41) is 0. The summed E-state index contributed by atoms with van der Waals surface area (Å²) in [6, 6.07) is 72.6.